The first-order valence-electron chi connectivity index (χ1n) is 5.58. The van der Waals surface area contributed by atoms with Crippen LogP contribution in [0.25, 0.3) is 0 Å². The maximum atomic E-state index is 13.3. The Labute approximate surface area is 100 Å². The third-order valence-electron chi connectivity index (χ3n) is 3.09. The van der Waals surface area contributed by atoms with E-state index in [1.165, 1.54) is 12.1 Å². The lowest BCUT2D eigenvalue weighted by molar-refractivity contribution is 0.214. The lowest BCUT2D eigenvalue weighted by atomic mass is 10.0. The second-order valence-corrected chi connectivity index (χ2v) is 4.47. The number of halogens is 1. The predicted octanol–water partition coefficient (Wildman–Crippen LogP) is 3.16. The number of benzene rings is 1. The van der Waals surface area contributed by atoms with Crippen molar-refractivity contribution < 1.29 is 9.50 Å². The van der Waals surface area contributed by atoms with E-state index in [2.05, 4.69) is 4.98 Å². The second-order valence-electron chi connectivity index (χ2n) is 4.47. The fraction of sp³-hybridized carbons (Fsp3) is 0.286. The summed E-state index contributed by atoms with van der Waals surface area (Å²) in [7, 11) is 0. The highest BCUT2D eigenvalue weighted by Crippen LogP contribution is 2.26. The molecule has 1 unspecified atom stereocenters. The van der Waals surface area contributed by atoms with Crippen LogP contribution in [0.4, 0.5) is 4.39 Å². The van der Waals surface area contributed by atoms with Crippen LogP contribution in [0, 0.1) is 26.6 Å². The standard InChI is InChI=1S/C14H16FNO/c1-8-4-11(6-12(15)5-8)14(17)13-10(3)9(2)7-16-13/h4-7,14,16-17H,1-3H3. The maximum Gasteiger partial charge on any atom is 0.123 e. The van der Waals surface area contributed by atoms with Gasteiger partial charge in [0.2, 0.25) is 0 Å². The minimum absolute atomic E-state index is 0.319. The Bertz CT molecular complexity index is 525. The number of aliphatic hydroxyl groups is 1. The van der Waals surface area contributed by atoms with Crippen LogP contribution in [-0.4, -0.2) is 10.1 Å². The van der Waals surface area contributed by atoms with Crippen molar-refractivity contribution in [2.75, 3.05) is 0 Å². The van der Waals surface area contributed by atoms with Crippen LogP contribution in [0.2, 0.25) is 0 Å². The van der Waals surface area contributed by atoms with E-state index in [0.29, 0.717) is 5.56 Å². The lowest BCUT2D eigenvalue weighted by Gasteiger charge is -2.12. The molecule has 2 aromatic rings. The first-order chi connectivity index (χ1) is 7.99. The van der Waals surface area contributed by atoms with Crippen LogP contribution in [0.1, 0.15) is 34.1 Å². The summed E-state index contributed by atoms with van der Waals surface area (Å²) in [6.45, 7) is 5.72. The fourth-order valence-corrected chi connectivity index (χ4v) is 1.99. The number of H-pyrrole nitrogens is 1. The molecular formula is C14H16FNO. The Morgan fingerprint density at radius 1 is 1.18 bits per heavy atom. The molecule has 1 heterocycles. The highest BCUT2D eigenvalue weighted by atomic mass is 19.1. The average molecular weight is 233 g/mol. The van der Waals surface area contributed by atoms with Crippen molar-refractivity contribution in [2.24, 2.45) is 0 Å². The Kier molecular flexibility index (Phi) is 3.03. The molecular weight excluding hydrogens is 217 g/mol. The van der Waals surface area contributed by atoms with Crippen molar-refractivity contribution in [1.82, 2.24) is 4.98 Å². The molecule has 3 heteroatoms. The van der Waals surface area contributed by atoms with E-state index in [1.807, 2.05) is 27.0 Å². The van der Waals surface area contributed by atoms with Gasteiger partial charge in [-0.05, 0) is 55.2 Å². The van der Waals surface area contributed by atoms with Gasteiger partial charge in [-0.1, -0.05) is 6.07 Å². The fourth-order valence-electron chi connectivity index (χ4n) is 1.99. The molecule has 0 aliphatic carbocycles. The van der Waals surface area contributed by atoms with Crippen LogP contribution in [0.5, 0.6) is 0 Å². The van der Waals surface area contributed by atoms with Gasteiger partial charge in [0.05, 0.1) is 5.69 Å². The van der Waals surface area contributed by atoms with Gasteiger partial charge in [0.1, 0.15) is 11.9 Å². The summed E-state index contributed by atoms with van der Waals surface area (Å²) in [6.07, 6.45) is 1.04. The zero-order chi connectivity index (χ0) is 12.6. The van der Waals surface area contributed by atoms with Gasteiger partial charge in [0.15, 0.2) is 0 Å². The topological polar surface area (TPSA) is 36.0 Å². The Balaban J connectivity index is 2.43. The van der Waals surface area contributed by atoms with Crippen molar-refractivity contribution in [3.05, 3.63) is 58.2 Å². The molecule has 1 aromatic heterocycles. The number of nitrogens with one attached hydrogen (secondary N) is 1. The third kappa shape index (κ3) is 2.24. The van der Waals surface area contributed by atoms with Crippen molar-refractivity contribution in [3.63, 3.8) is 0 Å². The molecule has 0 aliphatic rings. The molecule has 0 fully saturated rings. The lowest BCUT2D eigenvalue weighted by Crippen LogP contribution is -2.03. The molecule has 0 amide bonds. The first kappa shape index (κ1) is 11.9. The van der Waals surface area contributed by atoms with Gasteiger partial charge in [-0.3, -0.25) is 0 Å². The number of hydrogen-bond acceptors (Lipinski definition) is 1. The summed E-state index contributed by atoms with van der Waals surface area (Å²) >= 11 is 0. The van der Waals surface area contributed by atoms with E-state index in [-0.39, 0.29) is 5.82 Å². The molecule has 1 atom stereocenters. The van der Waals surface area contributed by atoms with E-state index < -0.39 is 6.10 Å². The van der Waals surface area contributed by atoms with Crippen LogP contribution in [0.15, 0.2) is 24.4 Å². The number of hydrogen-bond donors (Lipinski definition) is 2. The molecule has 0 bridgehead atoms. The summed E-state index contributed by atoms with van der Waals surface area (Å²) in [5.41, 5.74) is 4.21. The van der Waals surface area contributed by atoms with Gasteiger partial charge in [-0.15, -0.1) is 0 Å². The van der Waals surface area contributed by atoms with Crippen LogP contribution in [-0.2, 0) is 0 Å². The molecule has 90 valence electrons. The number of rotatable bonds is 2. The van der Waals surface area contributed by atoms with Crippen molar-refractivity contribution >= 4 is 0 Å². The summed E-state index contributed by atoms with van der Waals surface area (Å²) in [6, 6.07) is 4.61. The van der Waals surface area contributed by atoms with Crippen LogP contribution >= 0.6 is 0 Å². The minimum atomic E-state index is -0.807. The number of aromatic amines is 1. The summed E-state index contributed by atoms with van der Waals surface area (Å²) < 4.78 is 13.3. The quantitative estimate of drug-likeness (QED) is 0.821. The Morgan fingerprint density at radius 2 is 1.88 bits per heavy atom. The van der Waals surface area contributed by atoms with E-state index >= 15 is 0 Å². The normalized spacial score (nSPS) is 12.8. The van der Waals surface area contributed by atoms with Crippen molar-refractivity contribution in [3.8, 4) is 0 Å². The molecule has 17 heavy (non-hydrogen) atoms. The highest BCUT2D eigenvalue weighted by Gasteiger charge is 2.16. The molecule has 0 saturated carbocycles. The summed E-state index contributed by atoms with van der Waals surface area (Å²) in [4.78, 5) is 3.04. The monoisotopic (exact) mass is 233 g/mol. The van der Waals surface area contributed by atoms with Crippen molar-refractivity contribution in [2.45, 2.75) is 26.9 Å². The van der Waals surface area contributed by atoms with E-state index in [9.17, 15) is 9.50 Å². The number of aliphatic hydroxyl groups excluding tert-OH is 1. The molecule has 0 saturated heterocycles. The largest absolute Gasteiger partial charge is 0.382 e. The molecule has 0 spiro atoms. The Morgan fingerprint density at radius 3 is 2.41 bits per heavy atom. The first-order valence-corrected chi connectivity index (χ1v) is 5.58. The van der Waals surface area contributed by atoms with Gasteiger partial charge in [-0.25, -0.2) is 4.39 Å². The number of aryl methyl sites for hydroxylation is 2. The van der Waals surface area contributed by atoms with Gasteiger partial charge in [0, 0.05) is 6.20 Å². The van der Waals surface area contributed by atoms with Crippen LogP contribution < -0.4 is 0 Å². The maximum absolute atomic E-state index is 13.3. The smallest absolute Gasteiger partial charge is 0.123 e. The van der Waals surface area contributed by atoms with E-state index in [1.54, 1.807) is 6.07 Å². The van der Waals surface area contributed by atoms with E-state index in [4.69, 9.17) is 0 Å². The molecule has 1 aromatic carbocycles. The van der Waals surface area contributed by atoms with Gasteiger partial charge < -0.3 is 10.1 Å². The molecule has 0 aliphatic heterocycles. The zero-order valence-electron chi connectivity index (χ0n) is 10.2. The summed E-state index contributed by atoms with van der Waals surface area (Å²) in [5.74, 6) is -0.319. The molecule has 0 radical (unpaired) electrons. The van der Waals surface area contributed by atoms with Gasteiger partial charge in [0.25, 0.3) is 0 Å². The SMILES string of the molecule is Cc1cc(F)cc(C(O)c2[nH]cc(C)c2C)c1. The number of aromatic nitrogens is 1. The highest BCUT2D eigenvalue weighted by molar-refractivity contribution is 5.36. The van der Waals surface area contributed by atoms with E-state index in [0.717, 1.165) is 22.4 Å². The van der Waals surface area contributed by atoms with Gasteiger partial charge >= 0.3 is 0 Å². The van der Waals surface area contributed by atoms with Gasteiger partial charge in [-0.2, -0.15) is 0 Å². The van der Waals surface area contributed by atoms with Crippen LogP contribution in [0.3, 0.4) is 0 Å². The molecule has 2 rings (SSSR count). The molecule has 2 nitrogen and oxygen atoms in total. The average Bonchev–Trinajstić information content (AvgIpc) is 2.57. The third-order valence-corrected chi connectivity index (χ3v) is 3.09. The summed E-state index contributed by atoms with van der Waals surface area (Å²) in [5, 5.41) is 10.2. The Hall–Kier alpha value is -1.61. The minimum Gasteiger partial charge on any atom is -0.382 e. The predicted molar refractivity (Wildman–Crippen MR) is 65.5 cm³/mol. The van der Waals surface area contributed by atoms with Crippen molar-refractivity contribution in [1.29, 1.82) is 0 Å². The molecule has 2 N–H and O–H groups in total. The second kappa shape index (κ2) is 4.34. The zero-order valence-corrected chi connectivity index (χ0v) is 10.2.